The summed E-state index contributed by atoms with van der Waals surface area (Å²) in [7, 11) is 0. The van der Waals surface area contributed by atoms with Crippen LogP contribution in [0.3, 0.4) is 0 Å². The first kappa shape index (κ1) is 19.5. The van der Waals surface area contributed by atoms with Gasteiger partial charge in [-0.25, -0.2) is 4.98 Å². The van der Waals surface area contributed by atoms with Gasteiger partial charge in [0.25, 0.3) is 5.91 Å². The number of rotatable bonds is 4. The van der Waals surface area contributed by atoms with Gasteiger partial charge in [0, 0.05) is 11.8 Å². The summed E-state index contributed by atoms with van der Waals surface area (Å²) in [5.74, 6) is -0.158. The number of pyridine rings is 1. The molecule has 142 valence electrons. The van der Waals surface area contributed by atoms with E-state index in [0.717, 1.165) is 17.8 Å². The Balaban J connectivity index is 1.77. The molecule has 1 N–H and O–H groups in total. The van der Waals surface area contributed by atoms with E-state index in [1.54, 1.807) is 19.1 Å². The van der Waals surface area contributed by atoms with Gasteiger partial charge < -0.3 is 10.1 Å². The third-order valence-corrected chi connectivity index (χ3v) is 5.21. The van der Waals surface area contributed by atoms with Gasteiger partial charge in [0.1, 0.15) is 10.8 Å². The zero-order valence-electron chi connectivity index (χ0n) is 13.8. The van der Waals surface area contributed by atoms with Crippen LogP contribution in [0.15, 0.2) is 35.5 Å². The van der Waals surface area contributed by atoms with Crippen molar-refractivity contribution < 1.29 is 27.5 Å². The number of Topliss-reactive ketones (excluding diaryl/α,β-unsaturated/α-hetero) is 1. The molecule has 2 heterocycles. The van der Waals surface area contributed by atoms with Gasteiger partial charge in [-0.3, -0.25) is 9.59 Å². The van der Waals surface area contributed by atoms with Crippen molar-refractivity contribution in [1.82, 2.24) is 4.98 Å². The van der Waals surface area contributed by atoms with E-state index in [1.165, 1.54) is 6.07 Å². The van der Waals surface area contributed by atoms with Crippen LogP contribution in [0.5, 0.6) is 5.75 Å². The Kier molecular flexibility index (Phi) is 5.34. The van der Waals surface area contributed by atoms with Gasteiger partial charge in [0.2, 0.25) is 0 Å². The van der Waals surface area contributed by atoms with E-state index in [2.05, 4.69) is 10.3 Å². The molecular formula is C17H12ClF3N2O3S. The molecule has 0 fully saturated rings. The highest BCUT2D eigenvalue weighted by molar-refractivity contribution is 8.00. The van der Waals surface area contributed by atoms with Crippen molar-refractivity contribution in [2.45, 2.75) is 23.4 Å². The smallest absolute Gasteiger partial charge is 0.417 e. The van der Waals surface area contributed by atoms with Crippen LogP contribution >= 0.6 is 23.4 Å². The quantitative estimate of drug-likeness (QED) is 0.589. The number of nitrogens with one attached hydrogen (secondary N) is 1. The lowest BCUT2D eigenvalue weighted by atomic mass is 10.1. The lowest BCUT2D eigenvalue weighted by molar-refractivity contribution is -0.137. The largest absolute Gasteiger partial charge is 0.482 e. The number of carbonyl (C=O) groups is 2. The number of nitrogens with zero attached hydrogens (tertiary/aromatic N) is 1. The minimum absolute atomic E-state index is 0.0926. The Morgan fingerprint density at radius 1 is 1.37 bits per heavy atom. The molecule has 0 radical (unpaired) electrons. The number of hydrogen-bond acceptors (Lipinski definition) is 5. The second kappa shape index (κ2) is 7.40. The molecule has 1 unspecified atom stereocenters. The summed E-state index contributed by atoms with van der Waals surface area (Å²) in [4.78, 5) is 27.7. The van der Waals surface area contributed by atoms with Gasteiger partial charge in [-0.1, -0.05) is 23.4 Å². The van der Waals surface area contributed by atoms with Crippen LogP contribution in [-0.2, 0) is 11.0 Å². The van der Waals surface area contributed by atoms with Crippen LogP contribution in [-0.4, -0.2) is 28.5 Å². The molecule has 27 heavy (non-hydrogen) atoms. The number of carbonyl (C=O) groups excluding carboxylic acids is 2. The van der Waals surface area contributed by atoms with E-state index < -0.39 is 17.0 Å². The Morgan fingerprint density at radius 3 is 2.78 bits per heavy atom. The van der Waals surface area contributed by atoms with Gasteiger partial charge >= 0.3 is 6.18 Å². The summed E-state index contributed by atoms with van der Waals surface area (Å²) >= 11 is 6.83. The number of anilines is 1. The molecule has 5 nitrogen and oxygen atoms in total. The van der Waals surface area contributed by atoms with Crippen LogP contribution < -0.4 is 10.1 Å². The van der Waals surface area contributed by atoms with Gasteiger partial charge in [-0.05, 0) is 31.2 Å². The van der Waals surface area contributed by atoms with Crippen molar-refractivity contribution in [3.8, 4) is 5.75 Å². The van der Waals surface area contributed by atoms with Gasteiger partial charge in [-0.15, -0.1) is 0 Å². The van der Waals surface area contributed by atoms with E-state index in [-0.39, 0.29) is 28.3 Å². The van der Waals surface area contributed by atoms with E-state index in [4.69, 9.17) is 16.3 Å². The lowest BCUT2D eigenvalue weighted by Gasteiger charge is -2.19. The van der Waals surface area contributed by atoms with Crippen LogP contribution in [0, 0.1) is 0 Å². The summed E-state index contributed by atoms with van der Waals surface area (Å²) in [6.07, 6.45) is -3.87. The topological polar surface area (TPSA) is 68.3 Å². The number of amides is 1. The molecule has 3 rings (SSSR count). The molecule has 0 aliphatic carbocycles. The first-order valence-electron chi connectivity index (χ1n) is 7.65. The van der Waals surface area contributed by atoms with E-state index in [0.29, 0.717) is 23.2 Å². The van der Waals surface area contributed by atoms with Gasteiger partial charge in [0.15, 0.2) is 12.4 Å². The highest BCUT2D eigenvalue weighted by atomic mass is 35.5. The normalized spacial score (nSPS) is 14.8. The molecular weight excluding hydrogens is 405 g/mol. The zero-order chi connectivity index (χ0) is 19.8. The fourth-order valence-electron chi connectivity index (χ4n) is 2.36. The van der Waals surface area contributed by atoms with E-state index in [9.17, 15) is 22.8 Å². The minimum atomic E-state index is -4.54. The standard InChI is InChI=1S/C17H12ClF3N2O3S/c1-8(27-16-11(18)5-10(6-22-16)17(19,20)21)15(25)9-2-3-13-12(4-9)23-14(24)7-26-13/h2-6,8H,7H2,1H3,(H,23,24). The van der Waals surface area contributed by atoms with Crippen molar-refractivity contribution in [2.75, 3.05) is 11.9 Å². The molecule has 1 amide bonds. The highest BCUT2D eigenvalue weighted by Gasteiger charge is 2.32. The van der Waals surface area contributed by atoms with Crippen molar-refractivity contribution in [2.24, 2.45) is 0 Å². The zero-order valence-corrected chi connectivity index (χ0v) is 15.3. The number of hydrogen-bond donors (Lipinski definition) is 1. The van der Waals surface area contributed by atoms with E-state index in [1.807, 2.05) is 0 Å². The Morgan fingerprint density at radius 2 is 2.11 bits per heavy atom. The van der Waals surface area contributed by atoms with Gasteiger partial charge in [0.05, 0.1) is 21.5 Å². The van der Waals surface area contributed by atoms with Crippen molar-refractivity contribution in [3.63, 3.8) is 0 Å². The van der Waals surface area contributed by atoms with Crippen LogP contribution in [0.1, 0.15) is 22.8 Å². The van der Waals surface area contributed by atoms with E-state index >= 15 is 0 Å². The number of halogens is 4. The second-order valence-electron chi connectivity index (χ2n) is 5.68. The summed E-state index contributed by atoms with van der Waals surface area (Å²) in [6.45, 7) is 1.50. The molecule has 0 bridgehead atoms. The first-order valence-corrected chi connectivity index (χ1v) is 8.91. The molecule has 1 aromatic heterocycles. The molecule has 1 aromatic carbocycles. The predicted octanol–water partition coefficient (Wildman–Crippen LogP) is 4.45. The van der Waals surface area contributed by atoms with Crippen molar-refractivity contribution in [3.05, 3.63) is 46.6 Å². The second-order valence-corrected chi connectivity index (χ2v) is 7.42. The fraction of sp³-hybridized carbons (Fsp3) is 0.235. The molecule has 2 aromatic rings. The minimum Gasteiger partial charge on any atom is -0.482 e. The molecule has 0 saturated heterocycles. The summed E-state index contributed by atoms with van der Waals surface area (Å²) in [6, 6.07) is 5.40. The predicted molar refractivity (Wildman–Crippen MR) is 94.5 cm³/mol. The van der Waals surface area contributed by atoms with Crippen molar-refractivity contribution >= 4 is 40.7 Å². The average molecular weight is 417 g/mol. The molecule has 1 aliphatic heterocycles. The number of benzene rings is 1. The Hall–Kier alpha value is -2.26. The average Bonchev–Trinajstić information content (AvgIpc) is 2.61. The maximum atomic E-state index is 12.7. The maximum Gasteiger partial charge on any atom is 0.417 e. The molecule has 0 spiro atoms. The third kappa shape index (κ3) is 4.36. The number of ether oxygens (including phenoxy) is 1. The van der Waals surface area contributed by atoms with Crippen molar-refractivity contribution in [1.29, 1.82) is 0 Å². The summed E-state index contributed by atoms with van der Waals surface area (Å²) in [5.41, 5.74) is -0.246. The third-order valence-electron chi connectivity index (χ3n) is 3.69. The van der Waals surface area contributed by atoms with Crippen LogP contribution in [0.4, 0.5) is 18.9 Å². The molecule has 1 atom stereocenters. The number of alkyl halides is 3. The number of fused-ring (bicyclic) bond motifs is 1. The molecule has 10 heteroatoms. The fourth-order valence-corrected chi connectivity index (χ4v) is 3.52. The van der Waals surface area contributed by atoms with Crippen LogP contribution in [0.25, 0.3) is 0 Å². The summed E-state index contributed by atoms with van der Waals surface area (Å²) in [5, 5.41) is 1.89. The number of thioether (sulfide) groups is 1. The molecule has 1 aliphatic rings. The Labute approximate surface area is 161 Å². The first-order chi connectivity index (χ1) is 12.6. The SMILES string of the molecule is CC(Sc1ncc(C(F)(F)F)cc1Cl)C(=O)c1ccc2c(c1)NC(=O)CO2. The maximum absolute atomic E-state index is 12.7. The molecule has 0 saturated carbocycles. The summed E-state index contributed by atoms with van der Waals surface area (Å²) < 4.78 is 43.3. The highest BCUT2D eigenvalue weighted by Crippen LogP contribution is 2.36. The lowest BCUT2D eigenvalue weighted by Crippen LogP contribution is -2.25. The number of aromatic nitrogens is 1. The van der Waals surface area contributed by atoms with Gasteiger partial charge in [-0.2, -0.15) is 13.2 Å². The number of ketones is 1. The Bertz CT molecular complexity index is 921. The van der Waals surface area contributed by atoms with Crippen LogP contribution in [0.2, 0.25) is 5.02 Å². The monoisotopic (exact) mass is 416 g/mol.